The lowest BCUT2D eigenvalue weighted by Crippen LogP contribution is -2.25. The largest absolute Gasteiger partial charge is 0.465 e. The predicted octanol–water partition coefficient (Wildman–Crippen LogP) is 6.59. The molecule has 4 aromatic rings. The second-order valence-corrected chi connectivity index (χ2v) is 10.8. The standard InChI is InChI=1S/C30H31BrN4O3/c1-18-15-22(20(3)34(18)27-12-8-11-24(19(27)2)30(37)38-4)17-32-35-28(21-9-6-5-7-10-21)33-26-14-13-23(31)16-25(26)29(35)36/h8,11-17,21H,5-7,9-10H2,1-4H3. The molecule has 196 valence electrons. The summed E-state index contributed by atoms with van der Waals surface area (Å²) in [5, 5.41) is 5.27. The van der Waals surface area contributed by atoms with E-state index in [2.05, 4.69) is 20.5 Å². The average Bonchev–Trinajstić information content (AvgIpc) is 3.21. The molecule has 5 rings (SSSR count). The summed E-state index contributed by atoms with van der Waals surface area (Å²) < 4.78 is 9.39. The van der Waals surface area contributed by atoms with E-state index in [0.29, 0.717) is 16.5 Å². The third-order valence-electron chi connectivity index (χ3n) is 7.54. The van der Waals surface area contributed by atoms with Crippen molar-refractivity contribution in [3.63, 3.8) is 0 Å². The van der Waals surface area contributed by atoms with Crippen LogP contribution >= 0.6 is 15.9 Å². The van der Waals surface area contributed by atoms with Gasteiger partial charge >= 0.3 is 5.97 Å². The number of benzene rings is 2. The van der Waals surface area contributed by atoms with Crippen LogP contribution in [-0.2, 0) is 4.74 Å². The fourth-order valence-electron chi connectivity index (χ4n) is 5.51. The highest BCUT2D eigenvalue weighted by Crippen LogP contribution is 2.32. The second kappa shape index (κ2) is 10.7. The maximum absolute atomic E-state index is 13.7. The van der Waals surface area contributed by atoms with Gasteiger partial charge in [0.05, 0.1) is 29.8 Å². The molecule has 0 aliphatic heterocycles. The van der Waals surface area contributed by atoms with E-state index in [-0.39, 0.29) is 17.4 Å². The van der Waals surface area contributed by atoms with Gasteiger partial charge in [-0.2, -0.15) is 9.78 Å². The Bertz CT molecular complexity index is 1630. The summed E-state index contributed by atoms with van der Waals surface area (Å²) in [6.45, 7) is 5.95. The number of nitrogens with zero attached hydrogens (tertiary/aromatic N) is 4. The van der Waals surface area contributed by atoms with Crippen LogP contribution in [0.25, 0.3) is 16.6 Å². The normalized spacial score (nSPS) is 14.4. The number of methoxy groups -OCH3 is 1. The monoisotopic (exact) mass is 574 g/mol. The molecule has 0 unspecified atom stereocenters. The van der Waals surface area contributed by atoms with Crippen molar-refractivity contribution in [2.75, 3.05) is 7.11 Å². The van der Waals surface area contributed by atoms with Crippen molar-refractivity contribution < 1.29 is 9.53 Å². The lowest BCUT2D eigenvalue weighted by atomic mass is 9.88. The highest BCUT2D eigenvalue weighted by molar-refractivity contribution is 9.10. The van der Waals surface area contributed by atoms with E-state index >= 15 is 0 Å². The first-order valence-corrected chi connectivity index (χ1v) is 13.7. The number of aryl methyl sites for hydroxylation is 1. The van der Waals surface area contributed by atoms with Gasteiger partial charge in [0, 0.05) is 33.0 Å². The Morgan fingerprint density at radius 1 is 1.11 bits per heavy atom. The van der Waals surface area contributed by atoms with Gasteiger partial charge in [-0.3, -0.25) is 4.79 Å². The van der Waals surface area contributed by atoms with Crippen LogP contribution in [-0.4, -0.2) is 33.5 Å². The summed E-state index contributed by atoms with van der Waals surface area (Å²) in [7, 11) is 1.39. The fraction of sp³-hybridized carbons (Fsp3) is 0.333. The summed E-state index contributed by atoms with van der Waals surface area (Å²) in [6.07, 6.45) is 7.24. The van der Waals surface area contributed by atoms with Gasteiger partial charge in [-0.15, -0.1) is 0 Å². The summed E-state index contributed by atoms with van der Waals surface area (Å²) in [5.74, 6) is 0.577. The number of fused-ring (bicyclic) bond motifs is 1. The first kappa shape index (κ1) is 26.1. The van der Waals surface area contributed by atoms with Crippen molar-refractivity contribution in [1.82, 2.24) is 14.2 Å². The Morgan fingerprint density at radius 2 is 1.87 bits per heavy atom. The molecule has 38 heavy (non-hydrogen) atoms. The zero-order chi connectivity index (χ0) is 27.0. The van der Waals surface area contributed by atoms with Gasteiger partial charge in [0.2, 0.25) is 0 Å². The number of carbonyl (C=O) groups is 1. The number of esters is 1. The maximum Gasteiger partial charge on any atom is 0.338 e. The molecule has 0 N–H and O–H groups in total. The smallest absolute Gasteiger partial charge is 0.338 e. The molecule has 1 aliphatic rings. The fourth-order valence-corrected chi connectivity index (χ4v) is 5.87. The van der Waals surface area contributed by atoms with Crippen molar-refractivity contribution in [3.8, 4) is 5.69 Å². The lowest BCUT2D eigenvalue weighted by molar-refractivity contribution is 0.0600. The summed E-state index contributed by atoms with van der Waals surface area (Å²) in [5.41, 5.74) is 5.65. The van der Waals surface area contributed by atoms with Crippen LogP contribution in [0.3, 0.4) is 0 Å². The number of carbonyl (C=O) groups excluding carboxylic acids is 1. The van der Waals surface area contributed by atoms with E-state index in [0.717, 1.165) is 64.2 Å². The van der Waals surface area contributed by atoms with Crippen LogP contribution in [0.4, 0.5) is 0 Å². The van der Waals surface area contributed by atoms with Gasteiger partial charge in [-0.05, 0) is 75.6 Å². The molecule has 0 spiro atoms. The molecule has 1 aliphatic carbocycles. The van der Waals surface area contributed by atoms with Crippen molar-refractivity contribution >= 4 is 39.0 Å². The lowest BCUT2D eigenvalue weighted by Gasteiger charge is -2.22. The SMILES string of the molecule is COC(=O)c1cccc(-n2c(C)cc(C=Nn3c(C4CCCCC4)nc4ccc(Br)cc4c3=O)c2C)c1C. The van der Waals surface area contributed by atoms with Gasteiger partial charge in [-0.1, -0.05) is 41.3 Å². The molecule has 8 heteroatoms. The van der Waals surface area contributed by atoms with Crippen molar-refractivity contribution in [2.24, 2.45) is 5.10 Å². The van der Waals surface area contributed by atoms with Crippen LogP contribution in [0, 0.1) is 20.8 Å². The molecule has 0 saturated heterocycles. The predicted molar refractivity (Wildman–Crippen MR) is 154 cm³/mol. The van der Waals surface area contributed by atoms with Crippen LogP contribution in [0.5, 0.6) is 0 Å². The molecule has 0 bridgehead atoms. The molecule has 0 radical (unpaired) electrons. The van der Waals surface area contributed by atoms with Crippen molar-refractivity contribution in [2.45, 2.75) is 58.8 Å². The van der Waals surface area contributed by atoms with Crippen LogP contribution in [0.2, 0.25) is 0 Å². The first-order chi connectivity index (χ1) is 18.3. The Kier molecular flexibility index (Phi) is 7.34. The molecule has 1 fully saturated rings. The van der Waals surface area contributed by atoms with Crippen LogP contribution in [0.1, 0.15) is 76.7 Å². The summed E-state index contributed by atoms with van der Waals surface area (Å²) in [6, 6.07) is 13.3. The number of aromatic nitrogens is 3. The highest BCUT2D eigenvalue weighted by Gasteiger charge is 2.23. The summed E-state index contributed by atoms with van der Waals surface area (Å²) in [4.78, 5) is 30.9. The summed E-state index contributed by atoms with van der Waals surface area (Å²) >= 11 is 3.48. The van der Waals surface area contributed by atoms with E-state index in [1.807, 2.05) is 57.2 Å². The molecule has 2 aromatic heterocycles. The van der Waals surface area contributed by atoms with E-state index in [4.69, 9.17) is 14.8 Å². The minimum absolute atomic E-state index is 0.163. The van der Waals surface area contributed by atoms with E-state index in [1.165, 1.54) is 18.2 Å². The Hall–Kier alpha value is -3.52. The van der Waals surface area contributed by atoms with Crippen molar-refractivity contribution in [1.29, 1.82) is 0 Å². The highest BCUT2D eigenvalue weighted by atomic mass is 79.9. The Morgan fingerprint density at radius 3 is 2.61 bits per heavy atom. The van der Waals surface area contributed by atoms with Gasteiger partial charge in [0.15, 0.2) is 0 Å². The minimum Gasteiger partial charge on any atom is -0.465 e. The molecular weight excluding hydrogens is 544 g/mol. The third kappa shape index (κ3) is 4.73. The topological polar surface area (TPSA) is 78.5 Å². The average molecular weight is 576 g/mol. The number of hydrogen-bond donors (Lipinski definition) is 0. The van der Waals surface area contributed by atoms with Gasteiger partial charge in [0.25, 0.3) is 5.56 Å². The molecule has 2 heterocycles. The Labute approximate surface area is 230 Å². The molecule has 0 amide bonds. The zero-order valence-corrected chi connectivity index (χ0v) is 23.7. The zero-order valence-electron chi connectivity index (χ0n) is 22.1. The first-order valence-electron chi connectivity index (χ1n) is 12.9. The Balaban J connectivity index is 1.61. The molecule has 1 saturated carbocycles. The second-order valence-electron chi connectivity index (χ2n) is 9.93. The molecule has 2 aromatic carbocycles. The number of rotatable bonds is 5. The van der Waals surface area contributed by atoms with Gasteiger partial charge in [-0.25, -0.2) is 9.78 Å². The maximum atomic E-state index is 13.7. The van der Waals surface area contributed by atoms with E-state index < -0.39 is 0 Å². The molecule has 0 atom stereocenters. The van der Waals surface area contributed by atoms with Crippen LogP contribution in [0.15, 0.2) is 56.8 Å². The number of ether oxygens (including phenoxy) is 1. The minimum atomic E-state index is -0.362. The van der Waals surface area contributed by atoms with E-state index in [9.17, 15) is 9.59 Å². The quantitative estimate of drug-likeness (QED) is 0.199. The van der Waals surface area contributed by atoms with Crippen molar-refractivity contribution in [3.05, 3.63) is 91.2 Å². The molecular formula is C30H31BrN4O3. The number of halogens is 1. The third-order valence-corrected chi connectivity index (χ3v) is 8.03. The van der Waals surface area contributed by atoms with E-state index in [1.54, 1.807) is 12.3 Å². The number of hydrogen-bond acceptors (Lipinski definition) is 5. The van der Waals surface area contributed by atoms with Crippen LogP contribution < -0.4 is 5.56 Å². The van der Waals surface area contributed by atoms with Gasteiger partial charge < -0.3 is 9.30 Å². The van der Waals surface area contributed by atoms with Gasteiger partial charge in [0.1, 0.15) is 5.82 Å². The molecule has 7 nitrogen and oxygen atoms in total.